The zero-order chi connectivity index (χ0) is 11.8. The SMILES string of the molecule is Nc1ncnc2c1ncn2C1CC(CO)CS1. The quantitative estimate of drug-likeness (QED) is 0.814. The number of anilines is 1. The van der Waals surface area contributed by atoms with Crippen LogP contribution in [0.4, 0.5) is 5.82 Å². The number of aliphatic hydroxyl groups is 1. The number of fused-ring (bicyclic) bond motifs is 1. The van der Waals surface area contributed by atoms with Gasteiger partial charge in [0.15, 0.2) is 11.5 Å². The standard InChI is InChI=1S/C10H13N5OS/c11-9-8-10(13-4-12-9)15(5-14-8)7-1-6(2-16)3-17-7/h4-7,16H,1-3H2,(H2,11,12,13). The Morgan fingerprint density at radius 3 is 3.12 bits per heavy atom. The van der Waals surface area contributed by atoms with Gasteiger partial charge in [0.25, 0.3) is 0 Å². The van der Waals surface area contributed by atoms with E-state index in [1.807, 2.05) is 16.3 Å². The summed E-state index contributed by atoms with van der Waals surface area (Å²) in [4.78, 5) is 12.4. The van der Waals surface area contributed by atoms with Crippen molar-refractivity contribution in [3.63, 3.8) is 0 Å². The highest BCUT2D eigenvalue weighted by Gasteiger charge is 2.27. The number of nitrogens with zero attached hydrogens (tertiary/aromatic N) is 4. The number of thioether (sulfide) groups is 1. The molecule has 0 aliphatic carbocycles. The maximum Gasteiger partial charge on any atom is 0.166 e. The molecule has 3 rings (SSSR count). The number of rotatable bonds is 2. The molecule has 1 saturated heterocycles. The van der Waals surface area contributed by atoms with Crippen molar-refractivity contribution in [3.8, 4) is 0 Å². The zero-order valence-corrected chi connectivity index (χ0v) is 9.97. The molecule has 90 valence electrons. The molecule has 1 aliphatic heterocycles. The molecule has 1 fully saturated rings. The lowest BCUT2D eigenvalue weighted by atomic mass is 10.1. The number of aromatic nitrogens is 4. The lowest BCUT2D eigenvalue weighted by Crippen LogP contribution is -2.07. The normalized spacial score (nSPS) is 24.5. The van der Waals surface area contributed by atoms with Gasteiger partial charge in [-0.2, -0.15) is 0 Å². The molecule has 3 N–H and O–H groups in total. The maximum atomic E-state index is 9.15. The highest BCUT2D eigenvalue weighted by molar-refractivity contribution is 7.99. The molecule has 1 aliphatic rings. The first-order valence-corrected chi connectivity index (χ1v) is 6.50. The Kier molecular flexibility index (Phi) is 2.64. The molecule has 7 heteroatoms. The van der Waals surface area contributed by atoms with Crippen LogP contribution in [-0.2, 0) is 0 Å². The molecule has 0 radical (unpaired) electrons. The van der Waals surface area contributed by atoms with E-state index >= 15 is 0 Å². The summed E-state index contributed by atoms with van der Waals surface area (Å²) < 4.78 is 2.02. The van der Waals surface area contributed by atoms with Crippen LogP contribution in [0.25, 0.3) is 11.2 Å². The summed E-state index contributed by atoms with van der Waals surface area (Å²) in [5.41, 5.74) is 7.17. The first kappa shape index (κ1) is 10.8. The molecule has 2 atom stereocenters. The van der Waals surface area contributed by atoms with Gasteiger partial charge in [-0.3, -0.25) is 0 Å². The fraction of sp³-hybridized carbons (Fsp3) is 0.500. The molecule has 0 saturated carbocycles. The van der Waals surface area contributed by atoms with Crippen LogP contribution in [0.3, 0.4) is 0 Å². The van der Waals surface area contributed by atoms with Crippen LogP contribution in [0.2, 0.25) is 0 Å². The lowest BCUT2D eigenvalue weighted by molar-refractivity contribution is 0.233. The molecule has 6 nitrogen and oxygen atoms in total. The van der Waals surface area contributed by atoms with E-state index in [2.05, 4.69) is 15.0 Å². The molecule has 0 bridgehead atoms. The smallest absolute Gasteiger partial charge is 0.166 e. The molecule has 2 aromatic heterocycles. The number of hydrogen-bond donors (Lipinski definition) is 2. The van der Waals surface area contributed by atoms with E-state index in [4.69, 9.17) is 10.8 Å². The topological polar surface area (TPSA) is 89.9 Å². The van der Waals surface area contributed by atoms with Crippen molar-refractivity contribution in [2.75, 3.05) is 18.1 Å². The van der Waals surface area contributed by atoms with E-state index in [0.717, 1.165) is 17.8 Å². The number of imidazole rings is 1. The van der Waals surface area contributed by atoms with Gasteiger partial charge in [-0.05, 0) is 12.3 Å². The number of nitrogen functional groups attached to an aromatic ring is 1. The van der Waals surface area contributed by atoms with Gasteiger partial charge in [0.05, 0.1) is 11.7 Å². The van der Waals surface area contributed by atoms with Crippen molar-refractivity contribution in [1.29, 1.82) is 0 Å². The van der Waals surface area contributed by atoms with Crippen LogP contribution in [0.5, 0.6) is 0 Å². The van der Waals surface area contributed by atoms with Crippen LogP contribution in [0.15, 0.2) is 12.7 Å². The fourth-order valence-corrected chi connectivity index (χ4v) is 3.53. The van der Waals surface area contributed by atoms with E-state index in [-0.39, 0.29) is 12.0 Å². The molecule has 0 aromatic carbocycles. The van der Waals surface area contributed by atoms with Gasteiger partial charge >= 0.3 is 0 Å². The first-order chi connectivity index (χ1) is 8.29. The van der Waals surface area contributed by atoms with Crippen LogP contribution >= 0.6 is 11.8 Å². The minimum absolute atomic E-state index is 0.243. The Labute approximate surface area is 102 Å². The van der Waals surface area contributed by atoms with Gasteiger partial charge in [0, 0.05) is 12.4 Å². The van der Waals surface area contributed by atoms with Crippen LogP contribution in [0.1, 0.15) is 11.8 Å². The lowest BCUT2D eigenvalue weighted by Gasteiger charge is -2.11. The summed E-state index contributed by atoms with van der Waals surface area (Å²) >= 11 is 1.82. The minimum Gasteiger partial charge on any atom is -0.396 e. The second-order valence-electron chi connectivity index (χ2n) is 4.16. The van der Waals surface area contributed by atoms with Crippen LogP contribution in [0, 0.1) is 5.92 Å². The number of hydrogen-bond acceptors (Lipinski definition) is 6. The maximum absolute atomic E-state index is 9.15. The monoisotopic (exact) mass is 251 g/mol. The van der Waals surface area contributed by atoms with Crippen LogP contribution in [-0.4, -0.2) is 37.0 Å². The highest BCUT2D eigenvalue weighted by atomic mass is 32.2. The van der Waals surface area contributed by atoms with Gasteiger partial charge in [-0.1, -0.05) is 0 Å². The molecule has 2 aromatic rings. The molecule has 0 amide bonds. The van der Waals surface area contributed by atoms with E-state index < -0.39 is 0 Å². The van der Waals surface area contributed by atoms with Crippen molar-refractivity contribution in [2.45, 2.75) is 11.8 Å². The van der Waals surface area contributed by atoms with Gasteiger partial charge in [0.2, 0.25) is 0 Å². The predicted octanol–water partition coefficient (Wildman–Crippen LogP) is 0.652. The summed E-state index contributed by atoms with van der Waals surface area (Å²) in [6.45, 7) is 0.243. The van der Waals surface area contributed by atoms with Gasteiger partial charge in [-0.25, -0.2) is 15.0 Å². The third kappa shape index (κ3) is 1.75. The van der Waals surface area contributed by atoms with E-state index in [9.17, 15) is 0 Å². The summed E-state index contributed by atoms with van der Waals surface area (Å²) in [5.74, 6) is 1.75. The average Bonchev–Trinajstić information content (AvgIpc) is 2.94. The number of nitrogens with two attached hydrogens (primary N) is 1. The second-order valence-corrected chi connectivity index (χ2v) is 5.37. The molecule has 3 heterocycles. The Bertz CT molecular complexity index is 542. The van der Waals surface area contributed by atoms with Crippen molar-refractivity contribution >= 4 is 28.7 Å². The van der Waals surface area contributed by atoms with Crippen molar-refractivity contribution in [3.05, 3.63) is 12.7 Å². The average molecular weight is 251 g/mol. The highest BCUT2D eigenvalue weighted by Crippen LogP contribution is 2.40. The predicted molar refractivity (Wildman–Crippen MR) is 66.4 cm³/mol. The second kappa shape index (κ2) is 4.15. The molecule has 2 unspecified atom stereocenters. The van der Waals surface area contributed by atoms with Crippen molar-refractivity contribution < 1.29 is 5.11 Å². The Balaban J connectivity index is 1.99. The van der Waals surface area contributed by atoms with Gasteiger partial charge < -0.3 is 15.4 Å². The first-order valence-electron chi connectivity index (χ1n) is 5.45. The fourth-order valence-electron chi connectivity index (χ4n) is 2.07. The Morgan fingerprint density at radius 1 is 1.47 bits per heavy atom. The van der Waals surface area contributed by atoms with Gasteiger partial charge in [0.1, 0.15) is 11.8 Å². The minimum atomic E-state index is 0.243. The summed E-state index contributed by atoms with van der Waals surface area (Å²) in [7, 11) is 0. The van der Waals surface area contributed by atoms with E-state index in [1.165, 1.54) is 6.33 Å². The number of aliphatic hydroxyl groups excluding tert-OH is 1. The Morgan fingerprint density at radius 2 is 2.35 bits per heavy atom. The Hall–Kier alpha value is -1.34. The van der Waals surface area contributed by atoms with E-state index in [1.54, 1.807) is 6.33 Å². The zero-order valence-electron chi connectivity index (χ0n) is 9.15. The summed E-state index contributed by atoms with van der Waals surface area (Å²) in [6.07, 6.45) is 4.16. The summed E-state index contributed by atoms with van der Waals surface area (Å²) in [5, 5.41) is 9.44. The molecular formula is C10H13N5OS. The third-order valence-corrected chi connectivity index (χ3v) is 4.48. The van der Waals surface area contributed by atoms with Gasteiger partial charge in [-0.15, -0.1) is 11.8 Å². The van der Waals surface area contributed by atoms with Crippen LogP contribution < -0.4 is 5.73 Å². The molecular weight excluding hydrogens is 238 g/mol. The largest absolute Gasteiger partial charge is 0.396 e. The van der Waals surface area contributed by atoms with Crippen molar-refractivity contribution in [1.82, 2.24) is 19.5 Å². The van der Waals surface area contributed by atoms with E-state index in [0.29, 0.717) is 17.3 Å². The van der Waals surface area contributed by atoms with Crippen molar-refractivity contribution in [2.24, 2.45) is 5.92 Å². The molecule has 0 spiro atoms. The molecule has 17 heavy (non-hydrogen) atoms. The third-order valence-electron chi connectivity index (χ3n) is 3.01. The summed E-state index contributed by atoms with van der Waals surface area (Å²) in [6, 6.07) is 0.